The van der Waals surface area contributed by atoms with Crippen molar-refractivity contribution in [2.75, 3.05) is 31.6 Å². The van der Waals surface area contributed by atoms with Crippen LogP contribution in [0.2, 0.25) is 0 Å². The summed E-state index contributed by atoms with van der Waals surface area (Å²) in [5.74, 6) is 0.659. The molecule has 0 aromatic carbocycles. The third-order valence-corrected chi connectivity index (χ3v) is 6.62. The fraction of sp³-hybridized carbons (Fsp3) is 0.400. The van der Waals surface area contributed by atoms with Gasteiger partial charge in [-0.25, -0.2) is 13.4 Å². The quantitative estimate of drug-likeness (QED) is 0.893. The zero-order valence-electron chi connectivity index (χ0n) is 12.8. The fourth-order valence-electron chi connectivity index (χ4n) is 2.38. The van der Waals surface area contributed by atoms with Gasteiger partial charge in [-0.05, 0) is 30.5 Å². The summed E-state index contributed by atoms with van der Waals surface area (Å²) in [7, 11) is -3.49. The highest BCUT2D eigenvalue weighted by atomic mass is 32.2. The summed E-state index contributed by atoms with van der Waals surface area (Å²) < 4.78 is 31.7. The van der Waals surface area contributed by atoms with Gasteiger partial charge in [0.25, 0.3) is 0 Å². The van der Waals surface area contributed by atoms with Crippen LogP contribution in [0.25, 0.3) is 0 Å². The molecule has 6 nitrogen and oxygen atoms in total. The lowest BCUT2D eigenvalue weighted by molar-refractivity contribution is 0.0730. The average molecular weight is 353 g/mol. The number of nitrogens with zero attached hydrogens (tertiary/aromatic N) is 2. The summed E-state index contributed by atoms with van der Waals surface area (Å²) in [6.45, 7) is 3.69. The van der Waals surface area contributed by atoms with Crippen LogP contribution in [-0.2, 0) is 14.8 Å². The van der Waals surface area contributed by atoms with Crippen molar-refractivity contribution in [3.8, 4) is 0 Å². The largest absolute Gasteiger partial charge is 0.379 e. The van der Waals surface area contributed by atoms with Crippen LogP contribution < -0.4 is 5.32 Å². The lowest BCUT2D eigenvalue weighted by Gasteiger charge is -2.26. The molecule has 1 N–H and O–H groups in total. The molecular weight excluding hydrogens is 334 g/mol. The number of morpholine rings is 1. The van der Waals surface area contributed by atoms with Crippen molar-refractivity contribution >= 4 is 27.2 Å². The molecule has 0 radical (unpaired) electrons. The van der Waals surface area contributed by atoms with Crippen molar-refractivity contribution in [2.45, 2.75) is 17.9 Å². The van der Waals surface area contributed by atoms with Crippen molar-refractivity contribution in [1.29, 1.82) is 0 Å². The Labute approximate surface area is 140 Å². The van der Waals surface area contributed by atoms with Gasteiger partial charge in [-0.15, -0.1) is 11.3 Å². The van der Waals surface area contributed by atoms with Gasteiger partial charge in [-0.2, -0.15) is 4.31 Å². The monoisotopic (exact) mass is 353 g/mol. The maximum Gasteiger partial charge on any atom is 0.244 e. The van der Waals surface area contributed by atoms with E-state index in [4.69, 9.17) is 4.74 Å². The summed E-state index contributed by atoms with van der Waals surface area (Å²) in [4.78, 5) is 5.67. The van der Waals surface area contributed by atoms with Crippen LogP contribution in [0.3, 0.4) is 0 Å². The first-order chi connectivity index (χ1) is 11.1. The van der Waals surface area contributed by atoms with E-state index in [0.29, 0.717) is 32.1 Å². The molecule has 124 valence electrons. The van der Waals surface area contributed by atoms with Gasteiger partial charge in [0.05, 0.1) is 19.3 Å². The van der Waals surface area contributed by atoms with Crippen molar-refractivity contribution in [2.24, 2.45) is 0 Å². The maximum atomic E-state index is 12.5. The Morgan fingerprint density at radius 1 is 1.30 bits per heavy atom. The maximum absolute atomic E-state index is 12.5. The SMILES string of the molecule is C[C@@H](Nc1ccc(S(=O)(=O)N2CCOCC2)cn1)c1cccs1. The summed E-state index contributed by atoms with van der Waals surface area (Å²) in [5, 5.41) is 5.30. The standard InChI is InChI=1S/C15H19N3O3S2/c1-12(14-3-2-10-22-14)17-15-5-4-13(11-16-15)23(19,20)18-6-8-21-9-7-18/h2-5,10-12H,6-9H2,1H3,(H,16,17)/t12-/m1/s1. The highest BCUT2D eigenvalue weighted by molar-refractivity contribution is 7.89. The van der Waals surface area contributed by atoms with Gasteiger partial charge < -0.3 is 10.1 Å². The third kappa shape index (κ3) is 3.72. The Morgan fingerprint density at radius 3 is 2.70 bits per heavy atom. The predicted octanol–water partition coefficient (Wildman–Crippen LogP) is 2.34. The van der Waals surface area contributed by atoms with Crippen molar-refractivity contribution in [3.05, 3.63) is 40.7 Å². The van der Waals surface area contributed by atoms with E-state index in [9.17, 15) is 8.42 Å². The highest BCUT2D eigenvalue weighted by Gasteiger charge is 2.26. The molecule has 1 fully saturated rings. The van der Waals surface area contributed by atoms with Gasteiger partial charge in [0.1, 0.15) is 10.7 Å². The zero-order valence-corrected chi connectivity index (χ0v) is 14.4. The van der Waals surface area contributed by atoms with Gasteiger partial charge in [-0.3, -0.25) is 0 Å². The molecule has 3 rings (SSSR count). The number of sulfonamides is 1. The van der Waals surface area contributed by atoms with Gasteiger partial charge >= 0.3 is 0 Å². The summed E-state index contributed by atoms with van der Waals surface area (Å²) >= 11 is 1.67. The van der Waals surface area contributed by atoms with E-state index in [1.807, 2.05) is 18.4 Å². The van der Waals surface area contributed by atoms with E-state index in [-0.39, 0.29) is 10.9 Å². The molecule has 1 atom stereocenters. The lowest BCUT2D eigenvalue weighted by atomic mass is 10.3. The number of thiophene rings is 1. The number of aromatic nitrogens is 1. The topological polar surface area (TPSA) is 71.5 Å². The van der Waals surface area contributed by atoms with E-state index in [0.717, 1.165) is 0 Å². The number of ether oxygens (including phenoxy) is 1. The molecule has 8 heteroatoms. The minimum absolute atomic E-state index is 0.129. The number of nitrogens with one attached hydrogen (secondary N) is 1. The lowest BCUT2D eigenvalue weighted by Crippen LogP contribution is -2.40. The summed E-state index contributed by atoms with van der Waals surface area (Å²) in [6, 6.07) is 7.49. The van der Waals surface area contributed by atoms with E-state index >= 15 is 0 Å². The fourth-order valence-corrected chi connectivity index (χ4v) is 4.47. The first-order valence-electron chi connectivity index (χ1n) is 7.41. The van der Waals surface area contributed by atoms with Gasteiger partial charge in [-0.1, -0.05) is 6.07 Å². The smallest absolute Gasteiger partial charge is 0.244 e. The second-order valence-corrected chi connectivity index (χ2v) is 8.19. The zero-order chi connectivity index (χ0) is 16.3. The number of pyridine rings is 1. The molecule has 0 aliphatic carbocycles. The Morgan fingerprint density at radius 2 is 2.09 bits per heavy atom. The summed E-state index contributed by atoms with van der Waals surface area (Å²) in [5.41, 5.74) is 0. The second-order valence-electron chi connectivity index (χ2n) is 5.28. The number of hydrogen-bond donors (Lipinski definition) is 1. The van der Waals surface area contributed by atoms with Gasteiger partial charge in [0, 0.05) is 24.2 Å². The third-order valence-electron chi connectivity index (χ3n) is 3.68. The molecule has 0 amide bonds. The molecule has 0 saturated carbocycles. The van der Waals surface area contributed by atoms with E-state index in [1.54, 1.807) is 23.5 Å². The molecule has 1 aliphatic rings. The Bertz CT molecular complexity index is 724. The molecule has 3 heterocycles. The Balaban J connectivity index is 1.71. The molecular formula is C15H19N3O3S2. The van der Waals surface area contributed by atoms with E-state index in [2.05, 4.69) is 16.4 Å². The number of anilines is 1. The van der Waals surface area contributed by atoms with Crippen LogP contribution in [0, 0.1) is 0 Å². The molecule has 2 aromatic heterocycles. The first kappa shape index (κ1) is 16.4. The van der Waals surface area contributed by atoms with Crippen molar-refractivity contribution < 1.29 is 13.2 Å². The molecule has 2 aromatic rings. The molecule has 0 bridgehead atoms. The predicted molar refractivity (Wildman–Crippen MR) is 90.2 cm³/mol. The molecule has 0 unspecified atom stereocenters. The molecule has 23 heavy (non-hydrogen) atoms. The van der Waals surface area contributed by atoms with Crippen LogP contribution in [-0.4, -0.2) is 44.0 Å². The van der Waals surface area contributed by atoms with Crippen LogP contribution in [0.4, 0.5) is 5.82 Å². The Kier molecular flexibility index (Phi) is 4.96. The second kappa shape index (κ2) is 6.96. The molecule has 1 aliphatic heterocycles. The van der Waals surface area contributed by atoms with Crippen molar-refractivity contribution in [1.82, 2.24) is 9.29 Å². The van der Waals surface area contributed by atoms with Crippen molar-refractivity contribution in [3.63, 3.8) is 0 Å². The summed E-state index contributed by atoms with van der Waals surface area (Å²) in [6.07, 6.45) is 1.41. The van der Waals surface area contributed by atoms with Crippen LogP contribution in [0.1, 0.15) is 17.8 Å². The van der Waals surface area contributed by atoms with E-state index in [1.165, 1.54) is 15.4 Å². The van der Waals surface area contributed by atoms with Gasteiger partial charge in [0.15, 0.2) is 0 Å². The Hall–Kier alpha value is -1.48. The van der Waals surface area contributed by atoms with Crippen LogP contribution in [0.5, 0.6) is 0 Å². The minimum Gasteiger partial charge on any atom is -0.379 e. The number of rotatable bonds is 5. The first-order valence-corrected chi connectivity index (χ1v) is 9.73. The normalized spacial score (nSPS) is 17.8. The van der Waals surface area contributed by atoms with Crippen LogP contribution in [0.15, 0.2) is 40.7 Å². The molecule has 0 spiro atoms. The van der Waals surface area contributed by atoms with Crippen LogP contribution >= 0.6 is 11.3 Å². The minimum atomic E-state index is -3.49. The van der Waals surface area contributed by atoms with Gasteiger partial charge in [0.2, 0.25) is 10.0 Å². The average Bonchev–Trinajstić information content (AvgIpc) is 3.11. The molecule has 1 saturated heterocycles. The highest BCUT2D eigenvalue weighted by Crippen LogP contribution is 2.23. The number of hydrogen-bond acceptors (Lipinski definition) is 6. The van der Waals surface area contributed by atoms with E-state index < -0.39 is 10.0 Å².